The zero-order valence-electron chi connectivity index (χ0n) is 15.2. The molecule has 4 nitrogen and oxygen atoms in total. The van der Waals surface area contributed by atoms with Gasteiger partial charge >= 0.3 is 0 Å². The van der Waals surface area contributed by atoms with Gasteiger partial charge in [-0.05, 0) is 62.7 Å². The highest BCUT2D eigenvalue weighted by atomic mass is 79.9. The van der Waals surface area contributed by atoms with Crippen LogP contribution in [0.2, 0.25) is 0 Å². The summed E-state index contributed by atoms with van der Waals surface area (Å²) in [5.41, 5.74) is 4.98. The van der Waals surface area contributed by atoms with Gasteiger partial charge in [0.25, 0.3) is 5.91 Å². The van der Waals surface area contributed by atoms with E-state index >= 15 is 0 Å². The highest BCUT2D eigenvalue weighted by Crippen LogP contribution is 2.31. The van der Waals surface area contributed by atoms with Crippen LogP contribution < -0.4 is 5.32 Å². The van der Waals surface area contributed by atoms with Crippen molar-refractivity contribution in [2.45, 2.75) is 20.8 Å². The minimum absolute atomic E-state index is 0.104. The lowest BCUT2D eigenvalue weighted by atomic mass is 10.2. The van der Waals surface area contributed by atoms with E-state index in [1.54, 1.807) is 0 Å². The molecule has 0 saturated heterocycles. The molecule has 0 unspecified atom stereocenters. The summed E-state index contributed by atoms with van der Waals surface area (Å²) in [5, 5.41) is 8.64. The van der Waals surface area contributed by atoms with Crippen LogP contribution in [0.25, 0.3) is 15.9 Å². The largest absolute Gasteiger partial charge is 0.321 e. The van der Waals surface area contributed by atoms with Crippen molar-refractivity contribution in [1.29, 1.82) is 0 Å². The van der Waals surface area contributed by atoms with E-state index < -0.39 is 0 Å². The number of benzene rings is 2. The Balaban J connectivity index is 1.68. The Morgan fingerprint density at radius 3 is 2.52 bits per heavy atom. The number of fused-ring (bicyclic) bond motifs is 1. The molecule has 2 aromatic heterocycles. The summed E-state index contributed by atoms with van der Waals surface area (Å²) in [6.07, 6.45) is 0. The molecule has 0 bridgehead atoms. The van der Waals surface area contributed by atoms with E-state index in [1.807, 2.05) is 54.9 Å². The lowest BCUT2D eigenvalue weighted by Gasteiger charge is -2.06. The third-order valence-corrected chi connectivity index (χ3v) is 6.46. The molecule has 0 atom stereocenters. The number of aromatic nitrogens is 2. The number of thiophene rings is 1. The van der Waals surface area contributed by atoms with Crippen molar-refractivity contribution in [2.75, 3.05) is 5.32 Å². The Morgan fingerprint density at radius 2 is 1.81 bits per heavy atom. The normalized spacial score (nSPS) is 11.1. The smallest absolute Gasteiger partial charge is 0.265 e. The van der Waals surface area contributed by atoms with Crippen LogP contribution in [-0.4, -0.2) is 15.7 Å². The van der Waals surface area contributed by atoms with Crippen molar-refractivity contribution in [1.82, 2.24) is 9.78 Å². The molecule has 4 rings (SSSR count). The van der Waals surface area contributed by atoms with E-state index in [2.05, 4.69) is 45.4 Å². The molecule has 136 valence electrons. The summed E-state index contributed by atoms with van der Waals surface area (Å²) < 4.78 is 2.94. The van der Waals surface area contributed by atoms with E-state index in [4.69, 9.17) is 0 Å². The molecular weight excluding hydrogens is 422 g/mol. The maximum absolute atomic E-state index is 12.7. The van der Waals surface area contributed by atoms with Crippen LogP contribution >= 0.6 is 27.3 Å². The minimum Gasteiger partial charge on any atom is -0.321 e. The zero-order chi connectivity index (χ0) is 19.1. The summed E-state index contributed by atoms with van der Waals surface area (Å²) >= 11 is 4.94. The van der Waals surface area contributed by atoms with Crippen LogP contribution in [0.5, 0.6) is 0 Å². The maximum Gasteiger partial charge on any atom is 0.265 e. The monoisotopic (exact) mass is 439 g/mol. The number of hydrogen-bond donors (Lipinski definition) is 1. The fourth-order valence-electron chi connectivity index (χ4n) is 2.94. The van der Waals surface area contributed by atoms with Gasteiger partial charge in [-0.25, -0.2) is 4.68 Å². The topological polar surface area (TPSA) is 46.9 Å². The summed E-state index contributed by atoms with van der Waals surface area (Å²) in [6, 6.07) is 15.9. The molecule has 0 radical (unpaired) electrons. The van der Waals surface area contributed by atoms with Crippen molar-refractivity contribution in [3.63, 3.8) is 0 Å². The van der Waals surface area contributed by atoms with Crippen LogP contribution in [0, 0.1) is 20.8 Å². The second-order valence-electron chi connectivity index (χ2n) is 6.58. The summed E-state index contributed by atoms with van der Waals surface area (Å²) in [4.78, 5) is 14.4. The quantitative estimate of drug-likeness (QED) is 0.423. The number of nitrogens with one attached hydrogen (secondary N) is 1. The van der Waals surface area contributed by atoms with Gasteiger partial charge in [0.1, 0.15) is 4.83 Å². The van der Waals surface area contributed by atoms with Gasteiger partial charge in [0.15, 0.2) is 0 Å². The van der Waals surface area contributed by atoms with E-state index in [0.717, 1.165) is 37.3 Å². The SMILES string of the molecule is Cc1ccc(-n2nc(C)c3cc(C(=O)Nc4ccc(Br)c(C)c4)sc32)cc1. The first-order chi connectivity index (χ1) is 12.9. The molecule has 2 heterocycles. The minimum atomic E-state index is -0.104. The Morgan fingerprint density at radius 1 is 1.07 bits per heavy atom. The Labute approximate surface area is 170 Å². The number of halogens is 1. The number of carbonyl (C=O) groups is 1. The first kappa shape index (κ1) is 17.9. The molecule has 4 aromatic rings. The van der Waals surface area contributed by atoms with Gasteiger partial charge in [-0.3, -0.25) is 4.79 Å². The zero-order valence-corrected chi connectivity index (χ0v) is 17.6. The molecule has 0 aliphatic carbocycles. The summed E-state index contributed by atoms with van der Waals surface area (Å²) in [6.45, 7) is 6.03. The van der Waals surface area contributed by atoms with Gasteiger partial charge in [-0.2, -0.15) is 5.10 Å². The predicted octanol–water partition coefficient (Wildman–Crippen LogP) is 6.03. The molecule has 0 spiro atoms. The highest BCUT2D eigenvalue weighted by Gasteiger charge is 2.17. The second-order valence-corrected chi connectivity index (χ2v) is 8.47. The average molecular weight is 440 g/mol. The third kappa shape index (κ3) is 3.42. The number of aryl methyl sites for hydroxylation is 3. The first-order valence-electron chi connectivity index (χ1n) is 8.56. The van der Waals surface area contributed by atoms with Crippen LogP contribution in [0.4, 0.5) is 5.69 Å². The molecule has 2 aromatic carbocycles. The van der Waals surface area contributed by atoms with E-state index in [0.29, 0.717) is 4.88 Å². The number of hydrogen-bond acceptors (Lipinski definition) is 3. The van der Waals surface area contributed by atoms with Crippen LogP contribution in [0.15, 0.2) is 53.0 Å². The highest BCUT2D eigenvalue weighted by molar-refractivity contribution is 9.10. The van der Waals surface area contributed by atoms with Gasteiger partial charge in [-0.15, -0.1) is 11.3 Å². The van der Waals surface area contributed by atoms with Crippen molar-refractivity contribution >= 4 is 49.1 Å². The van der Waals surface area contributed by atoms with Crippen LogP contribution in [-0.2, 0) is 0 Å². The van der Waals surface area contributed by atoms with Gasteiger partial charge in [0.05, 0.1) is 16.3 Å². The van der Waals surface area contributed by atoms with Crippen molar-refractivity contribution in [3.8, 4) is 5.69 Å². The maximum atomic E-state index is 12.7. The van der Waals surface area contributed by atoms with Crippen LogP contribution in [0.1, 0.15) is 26.5 Å². The van der Waals surface area contributed by atoms with Crippen molar-refractivity contribution in [2.24, 2.45) is 0 Å². The number of anilines is 1. The summed E-state index contributed by atoms with van der Waals surface area (Å²) in [7, 11) is 0. The van der Waals surface area contributed by atoms with Gasteiger partial charge < -0.3 is 5.32 Å². The second kappa shape index (κ2) is 6.94. The molecule has 6 heteroatoms. The lowest BCUT2D eigenvalue weighted by Crippen LogP contribution is -2.10. The van der Waals surface area contributed by atoms with E-state index in [9.17, 15) is 4.79 Å². The number of amides is 1. The van der Waals surface area contributed by atoms with E-state index in [1.165, 1.54) is 16.9 Å². The van der Waals surface area contributed by atoms with Crippen LogP contribution in [0.3, 0.4) is 0 Å². The van der Waals surface area contributed by atoms with Gasteiger partial charge in [0, 0.05) is 15.5 Å². The number of rotatable bonds is 3. The molecule has 27 heavy (non-hydrogen) atoms. The van der Waals surface area contributed by atoms with Crippen molar-refractivity contribution < 1.29 is 4.79 Å². The van der Waals surface area contributed by atoms with Crippen molar-refractivity contribution in [3.05, 3.63) is 74.7 Å². The molecule has 0 aliphatic heterocycles. The molecule has 1 amide bonds. The fraction of sp³-hybridized carbons (Fsp3) is 0.143. The third-order valence-electron chi connectivity index (χ3n) is 4.46. The van der Waals surface area contributed by atoms with Gasteiger partial charge in [-0.1, -0.05) is 33.6 Å². The summed E-state index contributed by atoms with van der Waals surface area (Å²) in [5.74, 6) is -0.104. The predicted molar refractivity (Wildman–Crippen MR) is 115 cm³/mol. The molecule has 0 aliphatic rings. The molecule has 1 N–H and O–H groups in total. The number of nitrogens with zero attached hydrogens (tertiary/aromatic N) is 2. The first-order valence-corrected chi connectivity index (χ1v) is 10.2. The molecule has 0 fully saturated rings. The standard InChI is InChI=1S/C21H18BrN3OS/c1-12-4-7-16(8-5-12)25-21-17(14(3)24-25)11-19(27-21)20(26)23-15-6-9-18(22)13(2)10-15/h4-11H,1-3H3,(H,23,26). The Hall–Kier alpha value is -2.44. The number of carbonyl (C=O) groups excluding carboxylic acids is 1. The average Bonchev–Trinajstić information content (AvgIpc) is 3.20. The van der Waals surface area contributed by atoms with E-state index in [-0.39, 0.29) is 5.91 Å². The Kier molecular flexibility index (Phi) is 4.61. The lowest BCUT2D eigenvalue weighted by molar-refractivity contribution is 0.103. The van der Waals surface area contributed by atoms with Gasteiger partial charge in [0.2, 0.25) is 0 Å². The Bertz CT molecular complexity index is 1160. The molecule has 0 saturated carbocycles. The molecular formula is C21H18BrN3OS. The fourth-order valence-corrected chi connectivity index (χ4v) is 4.26.